The zero-order valence-electron chi connectivity index (χ0n) is 14.0. The van der Waals surface area contributed by atoms with Gasteiger partial charge in [0.1, 0.15) is 0 Å². The number of rotatable bonds is 2. The molecule has 0 unspecified atom stereocenters. The number of nitrogens with zero attached hydrogens (tertiary/aromatic N) is 4. The smallest absolute Gasteiger partial charge is 0.318 e. The lowest BCUT2D eigenvalue weighted by Crippen LogP contribution is -2.50. The zero-order valence-corrected chi connectivity index (χ0v) is 14.0. The summed E-state index contributed by atoms with van der Waals surface area (Å²) in [5.74, 6) is 1.71. The molecule has 130 valence electrons. The van der Waals surface area contributed by atoms with E-state index in [1.807, 2.05) is 35.2 Å². The lowest BCUT2D eigenvalue weighted by molar-refractivity contribution is 0.0965. The minimum absolute atomic E-state index is 0.0170. The molecule has 7 nitrogen and oxygen atoms in total. The molecule has 2 aromatic rings. The number of amides is 2. The van der Waals surface area contributed by atoms with Crippen molar-refractivity contribution >= 4 is 6.03 Å². The lowest BCUT2D eigenvalue weighted by atomic mass is 9.96. The Kier molecular flexibility index (Phi) is 3.48. The molecule has 1 aromatic carbocycles. The first kappa shape index (κ1) is 14.9. The van der Waals surface area contributed by atoms with Crippen LogP contribution in [0, 0.1) is 0 Å². The van der Waals surface area contributed by atoms with Gasteiger partial charge in [-0.15, -0.1) is 10.2 Å². The Morgan fingerprint density at radius 2 is 2.04 bits per heavy atom. The van der Waals surface area contributed by atoms with Gasteiger partial charge < -0.3 is 19.5 Å². The maximum absolute atomic E-state index is 12.6. The summed E-state index contributed by atoms with van der Waals surface area (Å²) in [5.41, 5.74) is 1.05. The molecule has 1 aromatic heterocycles. The predicted octanol–water partition coefficient (Wildman–Crippen LogP) is 1.79. The molecule has 3 atom stereocenters. The number of carbonyl (C=O) groups excluding carboxylic acids is 1. The maximum Gasteiger partial charge on any atom is 0.318 e. The summed E-state index contributed by atoms with van der Waals surface area (Å²) in [6, 6.07) is 10.2. The van der Waals surface area contributed by atoms with Crippen LogP contribution in [0.15, 0.2) is 30.3 Å². The van der Waals surface area contributed by atoms with E-state index in [4.69, 9.17) is 4.74 Å². The summed E-state index contributed by atoms with van der Waals surface area (Å²) in [6.45, 7) is 1.87. The first-order chi connectivity index (χ1) is 12.3. The molecule has 4 heterocycles. The Hall–Kier alpha value is -2.41. The molecule has 5 rings (SSSR count). The largest absolute Gasteiger partial charge is 0.373 e. The van der Waals surface area contributed by atoms with Gasteiger partial charge in [-0.05, 0) is 19.3 Å². The summed E-state index contributed by atoms with van der Waals surface area (Å²) in [4.78, 5) is 14.4. The second-order valence-electron chi connectivity index (χ2n) is 7.04. The highest BCUT2D eigenvalue weighted by Crippen LogP contribution is 2.34. The maximum atomic E-state index is 12.6. The molecule has 3 aliphatic rings. The first-order valence-corrected chi connectivity index (χ1v) is 8.96. The van der Waals surface area contributed by atoms with E-state index in [2.05, 4.69) is 20.1 Å². The minimum atomic E-state index is -0.0170. The normalized spacial score (nSPS) is 27.4. The van der Waals surface area contributed by atoms with Gasteiger partial charge in [0.25, 0.3) is 0 Å². The molecule has 7 heteroatoms. The van der Waals surface area contributed by atoms with Gasteiger partial charge in [0, 0.05) is 18.7 Å². The van der Waals surface area contributed by atoms with E-state index in [1.54, 1.807) is 0 Å². The number of urea groups is 1. The van der Waals surface area contributed by atoms with Crippen molar-refractivity contribution in [1.82, 2.24) is 25.0 Å². The number of aromatic nitrogens is 3. The molecule has 25 heavy (non-hydrogen) atoms. The van der Waals surface area contributed by atoms with E-state index in [9.17, 15) is 4.79 Å². The van der Waals surface area contributed by atoms with Crippen LogP contribution in [-0.2, 0) is 17.8 Å². The van der Waals surface area contributed by atoms with Gasteiger partial charge in [-0.25, -0.2) is 4.79 Å². The van der Waals surface area contributed by atoms with Gasteiger partial charge in [0.2, 0.25) is 0 Å². The molecular formula is C18H21N5O2. The third kappa shape index (κ3) is 2.59. The molecule has 3 aliphatic heterocycles. The summed E-state index contributed by atoms with van der Waals surface area (Å²) in [6.07, 6.45) is 3.68. The van der Waals surface area contributed by atoms with Crippen LogP contribution in [0.5, 0.6) is 0 Å². The average Bonchev–Trinajstić information content (AvgIpc) is 3.37. The van der Waals surface area contributed by atoms with Crippen molar-refractivity contribution in [2.75, 3.05) is 6.54 Å². The van der Waals surface area contributed by atoms with Crippen molar-refractivity contribution < 1.29 is 9.53 Å². The fourth-order valence-corrected chi connectivity index (χ4v) is 4.17. The Morgan fingerprint density at radius 3 is 2.80 bits per heavy atom. The zero-order chi connectivity index (χ0) is 16.8. The molecule has 0 saturated carbocycles. The Morgan fingerprint density at radius 1 is 1.16 bits per heavy atom. The van der Waals surface area contributed by atoms with Gasteiger partial charge in [-0.2, -0.15) is 0 Å². The third-order valence-corrected chi connectivity index (χ3v) is 5.49. The van der Waals surface area contributed by atoms with E-state index in [0.717, 1.165) is 36.5 Å². The van der Waals surface area contributed by atoms with Gasteiger partial charge in [-0.1, -0.05) is 30.3 Å². The summed E-state index contributed by atoms with van der Waals surface area (Å²) in [7, 11) is 0. The van der Waals surface area contributed by atoms with Crippen LogP contribution in [0.1, 0.15) is 25.1 Å². The van der Waals surface area contributed by atoms with Crippen molar-refractivity contribution in [2.24, 2.45) is 0 Å². The van der Waals surface area contributed by atoms with E-state index in [-0.39, 0.29) is 18.2 Å². The van der Waals surface area contributed by atoms with E-state index >= 15 is 0 Å². The highest BCUT2D eigenvalue weighted by molar-refractivity contribution is 5.74. The van der Waals surface area contributed by atoms with Gasteiger partial charge in [0.15, 0.2) is 11.6 Å². The molecule has 0 aliphatic carbocycles. The fraction of sp³-hybridized carbons (Fsp3) is 0.500. The quantitative estimate of drug-likeness (QED) is 0.905. The van der Waals surface area contributed by atoms with E-state index in [1.165, 1.54) is 0 Å². The van der Waals surface area contributed by atoms with Crippen LogP contribution in [0.25, 0.3) is 11.4 Å². The highest BCUT2D eigenvalue weighted by atomic mass is 16.5. The van der Waals surface area contributed by atoms with Crippen LogP contribution < -0.4 is 5.32 Å². The van der Waals surface area contributed by atoms with Crippen molar-refractivity contribution in [3.63, 3.8) is 0 Å². The molecule has 2 saturated heterocycles. The Balaban J connectivity index is 1.28. The predicted molar refractivity (Wildman–Crippen MR) is 90.7 cm³/mol. The van der Waals surface area contributed by atoms with E-state index in [0.29, 0.717) is 25.7 Å². The minimum Gasteiger partial charge on any atom is -0.373 e. The highest BCUT2D eigenvalue weighted by Gasteiger charge is 2.42. The number of benzene rings is 1. The van der Waals surface area contributed by atoms with Crippen molar-refractivity contribution in [3.8, 4) is 11.4 Å². The Labute approximate surface area is 146 Å². The van der Waals surface area contributed by atoms with Gasteiger partial charge in [-0.3, -0.25) is 0 Å². The van der Waals surface area contributed by atoms with Crippen LogP contribution in [-0.4, -0.2) is 50.5 Å². The summed E-state index contributed by atoms with van der Waals surface area (Å²) < 4.78 is 7.93. The number of hydrogen-bond acceptors (Lipinski definition) is 4. The second kappa shape index (κ2) is 5.84. The number of ether oxygens (including phenoxy) is 1. The topological polar surface area (TPSA) is 72.3 Å². The molecular weight excluding hydrogens is 318 g/mol. The van der Waals surface area contributed by atoms with Crippen molar-refractivity contribution in [3.05, 3.63) is 36.2 Å². The fourth-order valence-electron chi connectivity index (χ4n) is 4.17. The van der Waals surface area contributed by atoms with Crippen molar-refractivity contribution in [1.29, 1.82) is 0 Å². The first-order valence-electron chi connectivity index (χ1n) is 8.96. The summed E-state index contributed by atoms with van der Waals surface area (Å²) in [5, 5.41) is 11.8. The number of nitrogens with one attached hydrogen (secondary N) is 1. The van der Waals surface area contributed by atoms with Crippen LogP contribution >= 0.6 is 0 Å². The second-order valence-corrected chi connectivity index (χ2v) is 7.04. The average molecular weight is 339 g/mol. The molecule has 0 spiro atoms. The molecule has 1 N–H and O–H groups in total. The van der Waals surface area contributed by atoms with Crippen LogP contribution in [0.3, 0.4) is 0 Å². The van der Waals surface area contributed by atoms with Crippen LogP contribution in [0.4, 0.5) is 4.79 Å². The Bertz CT molecular complexity index is 790. The van der Waals surface area contributed by atoms with E-state index < -0.39 is 0 Å². The molecule has 2 bridgehead atoms. The number of carbonyl (C=O) groups is 1. The van der Waals surface area contributed by atoms with Gasteiger partial charge >= 0.3 is 6.03 Å². The van der Waals surface area contributed by atoms with Crippen molar-refractivity contribution in [2.45, 2.75) is 50.6 Å². The molecule has 2 amide bonds. The number of fused-ring (bicyclic) bond motifs is 3. The monoisotopic (exact) mass is 339 g/mol. The standard InChI is InChI=1S/C18H21N5O2/c24-18(19-14-10-13-6-7-15(14)25-13)22-8-9-23-16(11-22)20-21-17(23)12-4-2-1-3-5-12/h1-5,13-15H,6-11H2,(H,19,24)/t13-,14-,15-/m1/s1. The summed E-state index contributed by atoms with van der Waals surface area (Å²) >= 11 is 0. The lowest BCUT2D eigenvalue weighted by Gasteiger charge is -2.30. The molecule has 2 fully saturated rings. The molecule has 0 radical (unpaired) electrons. The SMILES string of the molecule is O=C(N[C@@H]1C[C@H]2CC[C@H]1O2)N1CCn2c(nnc2-c2ccccc2)C1. The number of hydrogen-bond donors (Lipinski definition) is 1. The van der Waals surface area contributed by atoms with Gasteiger partial charge in [0.05, 0.1) is 24.8 Å². The van der Waals surface area contributed by atoms with Crippen LogP contribution in [0.2, 0.25) is 0 Å². The third-order valence-electron chi connectivity index (χ3n) is 5.49.